The van der Waals surface area contributed by atoms with Crippen molar-refractivity contribution in [3.05, 3.63) is 29.3 Å². The molecule has 0 aliphatic carbocycles. The summed E-state index contributed by atoms with van der Waals surface area (Å²) in [5.74, 6) is 0.817. The van der Waals surface area contributed by atoms with Crippen molar-refractivity contribution < 1.29 is 9.47 Å². The van der Waals surface area contributed by atoms with Crippen molar-refractivity contribution in [3.8, 4) is 5.75 Å². The molecule has 1 aromatic rings. The predicted molar refractivity (Wildman–Crippen MR) is 69.1 cm³/mol. The van der Waals surface area contributed by atoms with E-state index in [1.807, 2.05) is 32.0 Å². The molecule has 0 saturated heterocycles. The third-order valence-electron chi connectivity index (χ3n) is 2.16. The Morgan fingerprint density at radius 2 is 2.12 bits per heavy atom. The maximum absolute atomic E-state index is 5.57. The average Bonchev–Trinajstić information content (AvgIpc) is 2.24. The molecule has 2 N–H and O–H groups in total. The lowest BCUT2D eigenvalue weighted by Gasteiger charge is -2.09. The van der Waals surface area contributed by atoms with Crippen molar-refractivity contribution in [2.45, 2.75) is 13.8 Å². The molecule has 1 rings (SSSR count). The molecule has 0 aromatic heterocycles. The second-order valence-electron chi connectivity index (χ2n) is 3.39. The molecule has 0 aliphatic heterocycles. The number of hydrogen-bond acceptors (Lipinski definition) is 3. The van der Waals surface area contributed by atoms with Crippen LogP contribution in [0.25, 0.3) is 0 Å². The van der Waals surface area contributed by atoms with Crippen LogP contribution in [0.15, 0.2) is 18.2 Å². The normalized spacial score (nSPS) is 10.1. The van der Waals surface area contributed by atoms with Gasteiger partial charge in [-0.15, -0.1) is 0 Å². The van der Waals surface area contributed by atoms with Gasteiger partial charge in [-0.05, 0) is 37.6 Å². The first-order valence-corrected chi connectivity index (χ1v) is 5.67. The SMILES string of the molecule is CCOCCOc1ccc(C(N)=S)c(C)c1. The van der Waals surface area contributed by atoms with Crippen molar-refractivity contribution in [2.75, 3.05) is 19.8 Å². The van der Waals surface area contributed by atoms with Crippen LogP contribution in [-0.4, -0.2) is 24.8 Å². The number of thiocarbonyl (C=S) groups is 1. The maximum Gasteiger partial charge on any atom is 0.119 e. The Hall–Kier alpha value is -1.13. The van der Waals surface area contributed by atoms with E-state index in [2.05, 4.69) is 0 Å². The molecule has 0 saturated carbocycles. The predicted octanol–water partition coefficient (Wildman–Crippen LogP) is 2.04. The minimum Gasteiger partial charge on any atom is -0.491 e. The fraction of sp³-hybridized carbons (Fsp3) is 0.417. The molecule has 1 aromatic carbocycles. The molecular formula is C12H17NO2S. The van der Waals surface area contributed by atoms with Crippen LogP contribution in [-0.2, 0) is 4.74 Å². The highest BCUT2D eigenvalue weighted by molar-refractivity contribution is 7.80. The minimum absolute atomic E-state index is 0.415. The monoisotopic (exact) mass is 239 g/mol. The first-order chi connectivity index (χ1) is 7.65. The molecule has 0 unspecified atom stereocenters. The van der Waals surface area contributed by atoms with Gasteiger partial charge in [0.1, 0.15) is 17.3 Å². The van der Waals surface area contributed by atoms with Crippen molar-refractivity contribution in [3.63, 3.8) is 0 Å². The summed E-state index contributed by atoms with van der Waals surface area (Å²) in [4.78, 5) is 0.415. The second kappa shape index (κ2) is 6.45. The van der Waals surface area contributed by atoms with Gasteiger partial charge in [-0.3, -0.25) is 0 Å². The molecule has 0 spiro atoms. The smallest absolute Gasteiger partial charge is 0.119 e. The van der Waals surface area contributed by atoms with Gasteiger partial charge in [0.25, 0.3) is 0 Å². The van der Waals surface area contributed by atoms with Gasteiger partial charge >= 0.3 is 0 Å². The molecule has 0 bridgehead atoms. The second-order valence-corrected chi connectivity index (χ2v) is 3.83. The van der Waals surface area contributed by atoms with E-state index in [-0.39, 0.29) is 0 Å². The number of hydrogen-bond donors (Lipinski definition) is 1. The molecule has 0 atom stereocenters. The van der Waals surface area contributed by atoms with Gasteiger partial charge in [0.05, 0.1) is 6.61 Å². The lowest BCUT2D eigenvalue weighted by atomic mass is 10.1. The number of aryl methyl sites for hydroxylation is 1. The van der Waals surface area contributed by atoms with Crippen LogP contribution in [0.5, 0.6) is 5.75 Å². The zero-order valence-corrected chi connectivity index (χ0v) is 10.5. The van der Waals surface area contributed by atoms with E-state index in [0.29, 0.717) is 24.8 Å². The molecule has 0 heterocycles. The highest BCUT2D eigenvalue weighted by Gasteiger charge is 2.02. The first-order valence-electron chi connectivity index (χ1n) is 5.26. The van der Waals surface area contributed by atoms with Crippen LogP contribution < -0.4 is 10.5 Å². The summed E-state index contributed by atoms with van der Waals surface area (Å²) in [5, 5.41) is 0. The molecule has 16 heavy (non-hydrogen) atoms. The summed E-state index contributed by atoms with van der Waals surface area (Å²) in [6, 6.07) is 5.68. The molecule has 0 radical (unpaired) electrons. The Balaban J connectivity index is 2.56. The van der Waals surface area contributed by atoms with E-state index in [0.717, 1.165) is 16.9 Å². The van der Waals surface area contributed by atoms with Crippen molar-refractivity contribution >= 4 is 17.2 Å². The van der Waals surface area contributed by atoms with Crippen molar-refractivity contribution in [1.82, 2.24) is 0 Å². The Labute approximate surface area is 102 Å². The summed E-state index contributed by atoms with van der Waals surface area (Å²) < 4.78 is 10.7. The minimum atomic E-state index is 0.415. The third kappa shape index (κ3) is 3.79. The van der Waals surface area contributed by atoms with Gasteiger partial charge in [-0.1, -0.05) is 12.2 Å². The number of ether oxygens (including phenoxy) is 2. The number of rotatable bonds is 6. The fourth-order valence-corrected chi connectivity index (χ4v) is 1.59. The van der Waals surface area contributed by atoms with E-state index >= 15 is 0 Å². The summed E-state index contributed by atoms with van der Waals surface area (Å²) >= 11 is 4.93. The Morgan fingerprint density at radius 1 is 1.38 bits per heavy atom. The first kappa shape index (κ1) is 12.9. The van der Waals surface area contributed by atoms with Crippen LogP contribution in [0, 0.1) is 6.92 Å². The van der Waals surface area contributed by atoms with E-state index < -0.39 is 0 Å². The molecule has 0 aliphatic rings. The Bertz CT molecular complexity index is 366. The van der Waals surface area contributed by atoms with E-state index in [1.54, 1.807) is 0 Å². The number of nitrogens with two attached hydrogens (primary N) is 1. The zero-order valence-electron chi connectivity index (χ0n) is 9.66. The van der Waals surface area contributed by atoms with Gasteiger partial charge in [0.2, 0.25) is 0 Å². The topological polar surface area (TPSA) is 44.5 Å². The lowest BCUT2D eigenvalue weighted by Crippen LogP contribution is -2.11. The Kier molecular flexibility index (Phi) is 5.22. The van der Waals surface area contributed by atoms with Crippen LogP contribution >= 0.6 is 12.2 Å². The molecule has 0 amide bonds. The lowest BCUT2D eigenvalue weighted by molar-refractivity contribution is 0.110. The third-order valence-corrected chi connectivity index (χ3v) is 2.38. The van der Waals surface area contributed by atoms with Crippen molar-refractivity contribution in [1.29, 1.82) is 0 Å². The van der Waals surface area contributed by atoms with Gasteiger partial charge in [-0.25, -0.2) is 0 Å². The van der Waals surface area contributed by atoms with Crippen LogP contribution in [0.3, 0.4) is 0 Å². The van der Waals surface area contributed by atoms with Crippen LogP contribution in [0.1, 0.15) is 18.1 Å². The molecule has 0 fully saturated rings. The molecule has 88 valence electrons. The Morgan fingerprint density at radius 3 is 2.69 bits per heavy atom. The molecule has 4 heteroatoms. The largest absolute Gasteiger partial charge is 0.491 e. The summed E-state index contributed by atoms with van der Waals surface area (Å²) in [7, 11) is 0. The van der Waals surface area contributed by atoms with Crippen molar-refractivity contribution in [2.24, 2.45) is 5.73 Å². The fourth-order valence-electron chi connectivity index (χ4n) is 1.37. The van der Waals surface area contributed by atoms with E-state index in [9.17, 15) is 0 Å². The standard InChI is InChI=1S/C12H17NO2S/c1-3-14-6-7-15-10-4-5-11(12(13)16)9(2)8-10/h4-5,8H,3,6-7H2,1-2H3,(H2,13,16). The number of benzene rings is 1. The maximum atomic E-state index is 5.57. The zero-order chi connectivity index (χ0) is 12.0. The van der Waals surface area contributed by atoms with Gasteiger partial charge < -0.3 is 15.2 Å². The average molecular weight is 239 g/mol. The quantitative estimate of drug-likeness (QED) is 0.609. The van der Waals surface area contributed by atoms with Gasteiger partial charge in [0.15, 0.2) is 0 Å². The van der Waals surface area contributed by atoms with Gasteiger partial charge in [-0.2, -0.15) is 0 Å². The van der Waals surface area contributed by atoms with E-state index in [1.165, 1.54) is 0 Å². The van der Waals surface area contributed by atoms with Crippen LogP contribution in [0.4, 0.5) is 0 Å². The summed E-state index contributed by atoms with van der Waals surface area (Å²) in [6.45, 7) is 5.79. The van der Waals surface area contributed by atoms with E-state index in [4.69, 9.17) is 27.4 Å². The van der Waals surface area contributed by atoms with Crippen LogP contribution in [0.2, 0.25) is 0 Å². The van der Waals surface area contributed by atoms with Gasteiger partial charge in [0, 0.05) is 12.2 Å². The highest BCUT2D eigenvalue weighted by Crippen LogP contribution is 2.17. The molecular weight excluding hydrogens is 222 g/mol. The summed E-state index contributed by atoms with van der Waals surface area (Å²) in [6.07, 6.45) is 0. The summed E-state index contributed by atoms with van der Waals surface area (Å²) in [5.41, 5.74) is 7.50. The highest BCUT2D eigenvalue weighted by atomic mass is 32.1. The molecule has 3 nitrogen and oxygen atoms in total.